The first-order valence-corrected chi connectivity index (χ1v) is 4.11. The van der Waals surface area contributed by atoms with Crippen molar-refractivity contribution in [2.45, 2.75) is 6.92 Å². The van der Waals surface area contributed by atoms with Gasteiger partial charge in [0.25, 0.3) is 5.69 Å². The third-order valence-electron chi connectivity index (χ3n) is 1.85. The molecule has 0 aliphatic rings. The first kappa shape index (κ1) is 11.2. The molecule has 0 amide bonds. The molecular weight excluding hydrogens is 226 g/mol. The van der Waals surface area contributed by atoms with E-state index < -0.39 is 26.2 Å². The number of nitrogen functional groups attached to an aromatic ring is 1. The molecule has 0 heterocycles. The van der Waals surface area contributed by atoms with Gasteiger partial charge in [0.15, 0.2) is 5.02 Å². The van der Waals surface area contributed by atoms with E-state index in [4.69, 9.17) is 17.3 Å². The highest BCUT2D eigenvalue weighted by Crippen LogP contribution is 2.39. The van der Waals surface area contributed by atoms with Crippen molar-refractivity contribution in [3.05, 3.63) is 36.9 Å². The predicted molar refractivity (Wildman–Crippen MR) is 53.9 cm³/mol. The maximum atomic E-state index is 10.6. The second-order valence-corrected chi connectivity index (χ2v) is 3.18. The lowest BCUT2D eigenvalue weighted by molar-refractivity contribution is -0.393. The Hall–Kier alpha value is -1.89. The van der Waals surface area contributed by atoms with Crippen LogP contribution in [0.1, 0.15) is 5.56 Å². The van der Waals surface area contributed by atoms with Crippen LogP contribution in [0.4, 0.5) is 17.1 Å². The molecule has 0 radical (unpaired) electrons. The summed E-state index contributed by atoms with van der Waals surface area (Å²) in [5.41, 5.74) is 4.36. The summed E-state index contributed by atoms with van der Waals surface area (Å²) in [4.78, 5) is 19.5. The maximum Gasteiger partial charge on any atom is 0.317 e. The summed E-state index contributed by atoms with van der Waals surface area (Å²) in [7, 11) is 0. The number of hydrogen-bond acceptors (Lipinski definition) is 5. The van der Waals surface area contributed by atoms with Gasteiger partial charge in [-0.05, 0) is 12.5 Å². The fourth-order valence-corrected chi connectivity index (χ4v) is 1.38. The quantitative estimate of drug-likeness (QED) is 0.475. The second kappa shape index (κ2) is 3.70. The topological polar surface area (TPSA) is 112 Å². The van der Waals surface area contributed by atoms with Crippen molar-refractivity contribution >= 4 is 28.7 Å². The van der Waals surface area contributed by atoms with Crippen molar-refractivity contribution in [3.8, 4) is 0 Å². The van der Waals surface area contributed by atoms with E-state index in [0.717, 1.165) is 6.07 Å². The summed E-state index contributed by atoms with van der Waals surface area (Å²) >= 11 is 5.51. The van der Waals surface area contributed by atoms with Crippen LogP contribution in [0.2, 0.25) is 5.02 Å². The number of aryl methyl sites for hydroxylation is 1. The lowest BCUT2D eigenvalue weighted by Crippen LogP contribution is -2.01. The molecule has 0 aromatic heterocycles. The van der Waals surface area contributed by atoms with Gasteiger partial charge in [-0.25, -0.2) is 0 Å². The molecule has 2 N–H and O–H groups in total. The minimum Gasteiger partial charge on any atom is -0.393 e. The number of benzene rings is 1. The molecule has 0 aliphatic carbocycles. The standard InChI is InChI=1S/C7H6ClN3O4/c1-3-2-4(10(12)13)5(8)7(6(3)9)11(14)15/h2H,9H2,1H3. The molecule has 0 atom stereocenters. The smallest absolute Gasteiger partial charge is 0.317 e. The first-order chi connectivity index (χ1) is 6.86. The van der Waals surface area contributed by atoms with Gasteiger partial charge in [-0.3, -0.25) is 20.2 Å². The van der Waals surface area contributed by atoms with Crippen LogP contribution < -0.4 is 5.73 Å². The molecule has 0 unspecified atom stereocenters. The maximum absolute atomic E-state index is 10.6. The average Bonchev–Trinajstić information content (AvgIpc) is 2.10. The molecule has 1 aromatic carbocycles. The molecular formula is C7H6ClN3O4. The van der Waals surface area contributed by atoms with Crippen molar-refractivity contribution in [1.29, 1.82) is 0 Å². The van der Waals surface area contributed by atoms with E-state index in [0.29, 0.717) is 0 Å². The van der Waals surface area contributed by atoms with Crippen LogP contribution in [0.15, 0.2) is 6.07 Å². The van der Waals surface area contributed by atoms with E-state index in [2.05, 4.69) is 0 Å². The molecule has 7 nitrogen and oxygen atoms in total. The Morgan fingerprint density at radius 3 is 2.27 bits per heavy atom. The summed E-state index contributed by atoms with van der Waals surface area (Å²) in [6, 6.07) is 1.10. The zero-order valence-corrected chi connectivity index (χ0v) is 8.32. The Morgan fingerprint density at radius 1 is 1.33 bits per heavy atom. The van der Waals surface area contributed by atoms with Gasteiger partial charge in [-0.1, -0.05) is 11.6 Å². The van der Waals surface area contributed by atoms with Crippen molar-refractivity contribution in [2.75, 3.05) is 5.73 Å². The molecule has 0 saturated heterocycles. The monoisotopic (exact) mass is 231 g/mol. The summed E-state index contributed by atoms with van der Waals surface area (Å²) in [5, 5.41) is 20.6. The fourth-order valence-electron chi connectivity index (χ4n) is 1.08. The van der Waals surface area contributed by atoms with Crippen LogP contribution in [0.25, 0.3) is 0 Å². The number of nitro groups is 2. The van der Waals surface area contributed by atoms with Crippen molar-refractivity contribution in [3.63, 3.8) is 0 Å². The molecule has 0 saturated carbocycles. The van der Waals surface area contributed by atoms with Gasteiger partial charge in [0.2, 0.25) is 0 Å². The third kappa shape index (κ3) is 1.82. The Balaban J connectivity index is 3.63. The average molecular weight is 232 g/mol. The van der Waals surface area contributed by atoms with Crippen LogP contribution in [0.5, 0.6) is 0 Å². The highest BCUT2D eigenvalue weighted by Gasteiger charge is 2.28. The molecule has 1 aromatic rings. The lowest BCUT2D eigenvalue weighted by atomic mass is 10.1. The van der Waals surface area contributed by atoms with E-state index in [-0.39, 0.29) is 11.3 Å². The van der Waals surface area contributed by atoms with E-state index in [1.807, 2.05) is 0 Å². The zero-order chi connectivity index (χ0) is 11.7. The van der Waals surface area contributed by atoms with Gasteiger partial charge in [0.1, 0.15) is 5.69 Å². The number of rotatable bonds is 2. The third-order valence-corrected chi connectivity index (χ3v) is 2.22. The molecule has 0 aliphatic heterocycles. The van der Waals surface area contributed by atoms with Crippen LogP contribution in [0.3, 0.4) is 0 Å². The highest BCUT2D eigenvalue weighted by atomic mass is 35.5. The molecule has 0 spiro atoms. The largest absolute Gasteiger partial charge is 0.393 e. The molecule has 80 valence electrons. The second-order valence-electron chi connectivity index (χ2n) is 2.80. The van der Waals surface area contributed by atoms with E-state index >= 15 is 0 Å². The number of nitrogens with two attached hydrogens (primary N) is 1. The highest BCUT2D eigenvalue weighted by molar-refractivity contribution is 6.35. The van der Waals surface area contributed by atoms with Gasteiger partial charge < -0.3 is 5.73 Å². The normalized spacial score (nSPS) is 10.0. The Bertz CT molecular complexity index is 460. The minimum atomic E-state index is -0.836. The van der Waals surface area contributed by atoms with Crippen LogP contribution in [-0.2, 0) is 0 Å². The van der Waals surface area contributed by atoms with Crippen LogP contribution in [-0.4, -0.2) is 9.85 Å². The van der Waals surface area contributed by atoms with Gasteiger partial charge >= 0.3 is 5.69 Å². The van der Waals surface area contributed by atoms with Crippen molar-refractivity contribution < 1.29 is 9.85 Å². The summed E-state index contributed by atoms with van der Waals surface area (Å²) < 4.78 is 0. The van der Waals surface area contributed by atoms with Gasteiger partial charge in [0.05, 0.1) is 9.85 Å². The molecule has 1 rings (SSSR count). The van der Waals surface area contributed by atoms with Gasteiger partial charge in [-0.15, -0.1) is 0 Å². The van der Waals surface area contributed by atoms with Crippen molar-refractivity contribution in [2.24, 2.45) is 0 Å². The SMILES string of the molecule is Cc1cc([N+](=O)[O-])c(Cl)c([N+](=O)[O-])c1N. The zero-order valence-electron chi connectivity index (χ0n) is 7.56. The summed E-state index contributed by atoms with van der Waals surface area (Å²) in [6.45, 7) is 1.44. The predicted octanol–water partition coefficient (Wildman–Crippen LogP) is 2.05. The van der Waals surface area contributed by atoms with Crippen LogP contribution >= 0.6 is 11.6 Å². The van der Waals surface area contributed by atoms with Crippen molar-refractivity contribution in [1.82, 2.24) is 0 Å². The number of nitrogens with zero attached hydrogens (tertiary/aromatic N) is 2. The summed E-state index contributed by atoms with van der Waals surface area (Å²) in [5.74, 6) is 0. The minimum absolute atomic E-state index is 0.157. The number of nitro benzene ring substituents is 2. The van der Waals surface area contributed by atoms with E-state index in [1.165, 1.54) is 6.92 Å². The van der Waals surface area contributed by atoms with Gasteiger partial charge in [-0.2, -0.15) is 0 Å². The van der Waals surface area contributed by atoms with E-state index in [1.54, 1.807) is 0 Å². The molecule has 15 heavy (non-hydrogen) atoms. The Labute approximate surface area is 88.7 Å². The van der Waals surface area contributed by atoms with E-state index in [9.17, 15) is 20.2 Å². The molecule has 0 fully saturated rings. The number of halogens is 1. The molecule has 8 heteroatoms. The first-order valence-electron chi connectivity index (χ1n) is 3.73. The van der Waals surface area contributed by atoms with Crippen LogP contribution in [0, 0.1) is 27.2 Å². The fraction of sp³-hybridized carbons (Fsp3) is 0.143. The Morgan fingerprint density at radius 2 is 1.87 bits per heavy atom. The van der Waals surface area contributed by atoms with Gasteiger partial charge in [0, 0.05) is 6.07 Å². The summed E-state index contributed by atoms with van der Waals surface area (Å²) in [6.07, 6.45) is 0. The Kier molecular flexibility index (Phi) is 2.76. The number of anilines is 1. The molecule has 0 bridgehead atoms. The lowest BCUT2D eigenvalue weighted by Gasteiger charge is -2.03. The number of hydrogen-bond donors (Lipinski definition) is 1.